The summed E-state index contributed by atoms with van der Waals surface area (Å²) in [7, 11) is 0. The van der Waals surface area contributed by atoms with E-state index < -0.39 is 11.9 Å². The maximum Gasteiger partial charge on any atom is 0.166 e. The van der Waals surface area contributed by atoms with Crippen molar-refractivity contribution in [1.29, 1.82) is 0 Å². The maximum atomic E-state index is 9.41. The van der Waals surface area contributed by atoms with Gasteiger partial charge in [-0.05, 0) is 26.7 Å². The van der Waals surface area contributed by atoms with Gasteiger partial charge < -0.3 is 14.6 Å². The lowest BCUT2D eigenvalue weighted by Crippen LogP contribution is -2.32. The van der Waals surface area contributed by atoms with Crippen LogP contribution in [0.4, 0.5) is 0 Å². The zero-order chi connectivity index (χ0) is 8.77. The highest BCUT2D eigenvalue weighted by molar-refractivity contribution is 4.90. The standard InChI is InChI=1S/C9H16O3/c1-6(10)8-7-4-3-5-9(2,11-7)12-8/h6-8,10H,3-5H2,1-2H3/t6-,7+,8-,9+/m0/s1. The molecule has 0 amide bonds. The molecule has 2 saturated heterocycles. The quantitative estimate of drug-likeness (QED) is 0.642. The van der Waals surface area contributed by atoms with Gasteiger partial charge in [-0.2, -0.15) is 0 Å². The Morgan fingerprint density at radius 2 is 2.25 bits per heavy atom. The summed E-state index contributed by atoms with van der Waals surface area (Å²) < 4.78 is 11.3. The molecule has 4 atom stereocenters. The molecular formula is C9H16O3. The number of fused-ring (bicyclic) bond motifs is 2. The Morgan fingerprint density at radius 3 is 2.83 bits per heavy atom. The maximum absolute atomic E-state index is 9.41. The van der Waals surface area contributed by atoms with Crippen molar-refractivity contribution in [2.24, 2.45) is 0 Å². The van der Waals surface area contributed by atoms with Crippen molar-refractivity contribution in [2.45, 2.75) is 57.2 Å². The van der Waals surface area contributed by atoms with Crippen molar-refractivity contribution < 1.29 is 14.6 Å². The van der Waals surface area contributed by atoms with Gasteiger partial charge in [0.05, 0.1) is 12.2 Å². The average molecular weight is 172 g/mol. The lowest BCUT2D eigenvalue weighted by atomic mass is 10.0. The normalized spacial score (nSPS) is 49.2. The van der Waals surface area contributed by atoms with Crippen molar-refractivity contribution in [2.75, 3.05) is 0 Å². The Balaban J connectivity index is 2.12. The number of hydrogen-bond acceptors (Lipinski definition) is 3. The smallest absolute Gasteiger partial charge is 0.166 e. The summed E-state index contributed by atoms with van der Waals surface area (Å²) >= 11 is 0. The third-order valence-corrected chi connectivity index (χ3v) is 2.75. The zero-order valence-corrected chi connectivity index (χ0v) is 7.62. The van der Waals surface area contributed by atoms with Crippen LogP contribution >= 0.6 is 0 Å². The first kappa shape index (κ1) is 8.48. The van der Waals surface area contributed by atoms with Crippen LogP contribution in [0, 0.1) is 0 Å². The van der Waals surface area contributed by atoms with E-state index in [2.05, 4.69) is 0 Å². The fourth-order valence-corrected chi connectivity index (χ4v) is 2.15. The Kier molecular flexibility index (Phi) is 1.90. The molecule has 2 rings (SSSR count). The first-order chi connectivity index (χ1) is 5.61. The highest BCUT2D eigenvalue weighted by Crippen LogP contribution is 2.40. The minimum atomic E-state index is -0.421. The summed E-state index contributed by atoms with van der Waals surface area (Å²) in [5.41, 5.74) is 0. The van der Waals surface area contributed by atoms with E-state index in [4.69, 9.17) is 9.47 Å². The minimum Gasteiger partial charge on any atom is -0.391 e. The van der Waals surface area contributed by atoms with Crippen LogP contribution in [0.15, 0.2) is 0 Å². The fourth-order valence-electron chi connectivity index (χ4n) is 2.15. The monoisotopic (exact) mass is 172 g/mol. The van der Waals surface area contributed by atoms with Gasteiger partial charge in [-0.25, -0.2) is 0 Å². The van der Waals surface area contributed by atoms with Crippen molar-refractivity contribution in [3.8, 4) is 0 Å². The number of aliphatic hydroxyl groups excluding tert-OH is 1. The molecular weight excluding hydrogens is 156 g/mol. The predicted molar refractivity (Wildman–Crippen MR) is 43.7 cm³/mol. The van der Waals surface area contributed by atoms with E-state index >= 15 is 0 Å². The lowest BCUT2D eigenvalue weighted by Gasteiger charge is -2.26. The highest BCUT2D eigenvalue weighted by atomic mass is 16.8. The molecule has 0 aromatic carbocycles. The molecule has 1 N–H and O–H groups in total. The Labute approximate surface area is 72.7 Å². The average Bonchev–Trinajstić information content (AvgIpc) is 2.22. The van der Waals surface area contributed by atoms with E-state index in [1.54, 1.807) is 6.92 Å². The first-order valence-electron chi connectivity index (χ1n) is 4.64. The summed E-state index contributed by atoms with van der Waals surface area (Å²) in [4.78, 5) is 0. The molecule has 2 fully saturated rings. The van der Waals surface area contributed by atoms with Gasteiger partial charge in [0.1, 0.15) is 6.10 Å². The Morgan fingerprint density at radius 1 is 1.50 bits per heavy atom. The summed E-state index contributed by atoms with van der Waals surface area (Å²) in [5, 5.41) is 9.41. The van der Waals surface area contributed by atoms with Gasteiger partial charge >= 0.3 is 0 Å². The number of rotatable bonds is 1. The molecule has 0 aromatic rings. The van der Waals surface area contributed by atoms with Crippen LogP contribution in [0.3, 0.4) is 0 Å². The van der Waals surface area contributed by atoms with Gasteiger partial charge in [0.15, 0.2) is 5.79 Å². The van der Waals surface area contributed by atoms with Crippen LogP contribution in [0.5, 0.6) is 0 Å². The summed E-state index contributed by atoms with van der Waals surface area (Å²) in [5.74, 6) is -0.412. The molecule has 12 heavy (non-hydrogen) atoms. The van der Waals surface area contributed by atoms with Crippen LogP contribution in [-0.2, 0) is 9.47 Å². The van der Waals surface area contributed by atoms with Crippen LogP contribution in [0.2, 0.25) is 0 Å². The van der Waals surface area contributed by atoms with Gasteiger partial charge in [-0.1, -0.05) is 0 Å². The largest absolute Gasteiger partial charge is 0.391 e. The van der Waals surface area contributed by atoms with Crippen LogP contribution in [0.1, 0.15) is 33.1 Å². The van der Waals surface area contributed by atoms with Crippen molar-refractivity contribution in [3.05, 3.63) is 0 Å². The van der Waals surface area contributed by atoms with Crippen molar-refractivity contribution in [1.82, 2.24) is 0 Å². The second kappa shape index (κ2) is 2.69. The summed E-state index contributed by atoms with van der Waals surface area (Å²) in [6.45, 7) is 3.72. The van der Waals surface area contributed by atoms with E-state index in [0.717, 1.165) is 19.3 Å². The third-order valence-electron chi connectivity index (χ3n) is 2.75. The van der Waals surface area contributed by atoms with Crippen molar-refractivity contribution >= 4 is 0 Å². The topological polar surface area (TPSA) is 38.7 Å². The summed E-state index contributed by atoms with van der Waals surface area (Å²) in [6, 6.07) is 0. The number of ether oxygens (including phenoxy) is 2. The van der Waals surface area contributed by atoms with Crippen LogP contribution < -0.4 is 0 Å². The predicted octanol–water partition coefficient (Wildman–Crippen LogP) is 1.05. The Bertz CT molecular complexity index is 181. The zero-order valence-electron chi connectivity index (χ0n) is 7.62. The fraction of sp³-hybridized carbons (Fsp3) is 1.00. The molecule has 70 valence electrons. The molecule has 0 saturated carbocycles. The molecule has 2 heterocycles. The van der Waals surface area contributed by atoms with Gasteiger partial charge in [0.25, 0.3) is 0 Å². The molecule has 0 radical (unpaired) electrons. The van der Waals surface area contributed by atoms with Crippen LogP contribution in [-0.4, -0.2) is 29.2 Å². The van der Waals surface area contributed by atoms with Gasteiger partial charge in [0, 0.05) is 6.42 Å². The number of hydrogen-bond donors (Lipinski definition) is 1. The number of aliphatic hydroxyl groups is 1. The Hall–Kier alpha value is -0.120. The van der Waals surface area contributed by atoms with Gasteiger partial charge in [-0.15, -0.1) is 0 Å². The molecule has 3 heteroatoms. The van der Waals surface area contributed by atoms with E-state index in [1.165, 1.54) is 0 Å². The van der Waals surface area contributed by atoms with Crippen LogP contribution in [0.25, 0.3) is 0 Å². The molecule has 0 aromatic heterocycles. The van der Waals surface area contributed by atoms with Crippen molar-refractivity contribution in [3.63, 3.8) is 0 Å². The molecule has 2 aliphatic rings. The molecule has 0 unspecified atom stereocenters. The first-order valence-corrected chi connectivity index (χ1v) is 4.64. The highest BCUT2D eigenvalue weighted by Gasteiger charge is 2.48. The van der Waals surface area contributed by atoms with E-state index in [0.29, 0.717) is 0 Å². The van der Waals surface area contributed by atoms with Gasteiger partial charge in [0.2, 0.25) is 0 Å². The SMILES string of the molecule is C[C@H](O)[C@@H]1O[C@]2(C)CCC[C@H]1O2. The lowest BCUT2D eigenvalue weighted by molar-refractivity contribution is -0.183. The summed E-state index contributed by atoms with van der Waals surface area (Å²) in [6.07, 6.45) is 2.69. The minimum absolute atomic E-state index is 0.113. The van der Waals surface area contributed by atoms with E-state index in [-0.39, 0.29) is 12.2 Å². The molecule has 0 spiro atoms. The molecule has 2 bridgehead atoms. The molecule has 0 aliphatic carbocycles. The van der Waals surface area contributed by atoms with Gasteiger partial charge in [-0.3, -0.25) is 0 Å². The second-order valence-electron chi connectivity index (χ2n) is 4.01. The molecule has 3 nitrogen and oxygen atoms in total. The molecule has 2 aliphatic heterocycles. The van der Waals surface area contributed by atoms with E-state index in [9.17, 15) is 5.11 Å². The second-order valence-corrected chi connectivity index (χ2v) is 4.01. The van der Waals surface area contributed by atoms with E-state index in [1.807, 2.05) is 6.92 Å². The third kappa shape index (κ3) is 1.26.